The number of hydrogen-bond donors (Lipinski definition) is 0. The molecule has 13 heavy (non-hydrogen) atoms. The number of rotatable bonds is 2. The van der Waals surface area contributed by atoms with E-state index in [1.54, 1.807) is 0 Å². The van der Waals surface area contributed by atoms with Crippen LogP contribution < -0.4 is 0 Å². The molecule has 0 saturated carbocycles. The molecule has 1 fully saturated rings. The fourth-order valence-electron chi connectivity index (χ4n) is 1.89. The average molecular weight is 184 g/mol. The van der Waals surface area contributed by atoms with Crippen LogP contribution >= 0.6 is 0 Å². The first-order chi connectivity index (χ1) is 6.19. The number of nitrogens with zero attached hydrogens (tertiary/aromatic N) is 2. The van der Waals surface area contributed by atoms with Gasteiger partial charge < -0.3 is 9.80 Å². The molecule has 0 bridgehead atoms. The molecule has 1 amide bonds. The van der Waals surface area contributed by atoms with Crippen molar-refractivity contribution in [1.29, 1.82) is 0 Å². The molecule has 1 heterocycles. The monoisotopic (exact) mass is 184 g/mol. The smallest absolute Gasteiger partial charge is 0.222 e. The second-order valence-electron chi connectivity index (χ2n) is 3.77. The molecule has 0 aromatic carbocycles. The highest BCUT2D eigenvalue weighted by Crippen LogP contribution is 2.12. The lowest BCUT2D eigenvalue weighted by Gasteiger charge is -2.39. The highest BCUT2D eigenvalue weighted by atomic mass is 16.2. The number of carbonyl (C=O) groups is 1. The molecule has 0 spiro atoms. The van der Waals surface area contributed by atoms with E-state index in [1.807, 2.05) is 11.8 Å². The molecule has 76 valence electrons. The second-order valence-corrected chi connectivity index (χ2v) is 3.77. The normalized spacial score (nSPS) is 24.8. The van der Waals surface area contributed by atoms with Gasteiger partial charge in [0.05, 0.1) is 0 Å². The standard InChI is InChI=1S/C10H20N2O/c1-4-9-8-11(3)6-7-12(9)10(13)5-2/h9H,4-8H2,1-3H3/t9-/m1/s1. The molecule has 0 aliphatic carbocycles. The summed E-state index contributed by atoms with van der Waals surface area (Å²) in [4.78, 5) is 15.9. The Morgan fingerprint density at radius 2 is 2.08 bits per heavy atom. The summed E-state index contributed by atoms with van der Waals surface area (Å²) in [6.45, 7) is 7.04. The molecule has 0 aromatic heterocycles. The zero-order valence-electron chi connectivity index (χ0n) is 8.92. The molecular formula is C10H20N2O. The minimum Gasteiger partial charge on any atom is -0.337 e. The third-order valence-electron chi connectivity index (χ3n) is 2.78. The zero-order valence-corrected chi connectivity index (χ0v) is 8.92. The van der Waals surface area contributed by atoms with Gasteiger partial charge in [0, 0.05) is 32.1 Å². The molecule has 3 heteroatoms. The lowest BCUT2D eigenvalue weighted by Crippen LogP contribution is -2.53. The summed E-state index contributed by atoms with van der Waals surface area (Å²) in [7, 11) is 2.12. The van der Waals surface area contributed by atoms with Crippen LogP contribution in [-0.4, -0.2) is 48.4 Å². The second kappa shape index (κ2) is 4.61. The van der Waals surface area contributed by atoms with Gasteiger partial charge in [0.25, 0.3) is 0 Å². The third-order valence-corrected chi connectivity index (χ3v) is 2.78. The molecule has 1 aliphatic rings. The Kier molecular flexibility index (Phi) is 3.72. The van der Waals surface area contributed by atoms with E-state index in [9.17, 15) is 4.79 Å². The van der Waals surface area contributed by atoms with Gasteiger partial charge in [0.2, 0.25) is 5.91 Å². The quantitative estimate of drug-likeness (QED) is 0.638. The molecule has 0 aromatic rings. The maximum absolute atomic E-state index is 11.6. The molecular weight excluding hydrogens is 164 g/mol. The van der Waals surface area contributed by atoms with E-state index in [0.29, 0.717) is 18.4 Å². The van der Waals surface area contributed by atoms with Crippen molar-refractivity contribution in [3.05, 3.63) is 0 Å². The minimum absolute atomic E-state index is 0.306. The van der Waals surface area contributed by atoms with Crippen molar-refractivity contribution in [3.8, 4) is 0 Å². The molecule has 3 nitrogen and oxygen atoms in total. The molecule has 0 radical (unpaired) electrons. The van der Waals surface area contributed by atoms with Gasteiger partial charge in [-0.25, -0.2) is 0 Å². The molecule has 1 saturated heterocycles. The van der Waals surface area contributed by atoms with E-state index in [2.05, 4.69) is 18.9 Å². The Hall–Kier alpha value is -0.570. The first-order valence-electron chi connectivity index (χ1n) is 5.17. The summed E-state index contributed by atoms with van der Waals surface area (Å²) >= 11 is 0. The van der Waals surface area contributed by atoms with Crippen LogP contribution in [0.15, 0.2) is 0 Å². The molecule has 1 atom stereocenters. The Bertz CT molecular complexity index is 182. The van der Waals surface area contributed by atoms with E-state index < -0.39 is 0 Å². The van der Waals surface area contributed by atoms with Gasteiger partial charge in [-0.2, -0.15) is 0 Å². The predicted molar refractivity (Wildman–Crippen MR) is 53.6 cm³/mol. The summed E-state index contributed by atoms with van der Waals surface area (Å²) in [5.74, 6) is 0.306. The van der Waals surface area contributed by atoms with Crippen LogP contribution in [0, 0.1) is 0 Å². The van der Waals surface area contributed by atoms with Crippen molar-refractivity contribution in [3.63, 3.8) is 0 Å². The van der Waals surface area contributed by atoms with Gasteiger partial charge in [-0.05, 0) is 13.5 Å². The van der Waals surface area contributed by atoms with Crippen LogP contribution in [0.1, 0.15) is 26.7 Å². The third kappa shape index (κ3) is 2.44. The van der Waals surface area contributed by atoms with Crippen LogP contribution in [0.2, 0.25) is 0 Å². The first-order valence-corrected chi connectivity index (χ1v) is 5.17. The van der Waals surface area contributed by atoms with Crippen LogP contribution in [0.5, 0.6) is 0 Å². The Morgan fingerprint density at radius 3 is 2.62 bits per heavy atom. The van der Waals surface area contributed by atoms with Crippen LogP contribution in [0.25, 0.3) is 0 Å². The van der Waals surface area contributed by atoms with E-state index in [0.717, 1.165) is 26.1 Å². The van der Waals surface area contributed by atoms with Gasteiger partial charge >= 0.3 is 0 Å². The van der Waals surface area contributed by atoms with Gasteiger partial charge in [0.1, 0.15) is 0 Å². The maximum Gasteiger partial charge on any atom is 0.222 e. The van der Waals surface area contributed by atoms with Gasteiger partial charge in [-0.3, -0.25) is 4.79 Å². The van der Waals surface area contributed by atoms with Gasteiger partial charge in [-0.15, -0.1) is 0 Å². The lowest BCUT2D eigenvalue weighted by molar-refractivity contribution is -0.135. The molecule has 0 N–H and O–H groups in total. The van der Waals surface area contributed by atoms with Crippen molar-refractivity contribution in [2.24, 2.45) is 0 Å². The van der Waals surface area contributed by atoms with E-state index in [1.165, 1.54) is 0 Å². The van der Waals surface area contributed by atoms with Crippen molar-refractivity contribution in [2.45, 2.75) is 32.7 Å². The van der Waals surface area contributed by atoms with Crippen molar-refractivity contribution < 1.29 is 4.79 Å². The van der Waals surface area contributed by atoms with E-state index >= 15 is 0 Å². The summed E-state index contributed by atoms with van der Waals surface area (Å²) in [6, 6.07) is 0.436. The Labute approximate surface area is 80.7 Å². The van der Waals surface area contributed by atoms with Crippen molar-refractivity contribution in [1.82, 2.24) is 9.80 Å². The van der Waals surface area contributed by atoms with E-state index in [-0.39, 0.29) is 0 Å². The maximum atomic E-state index is 11.6. The molecule has 1 aliphatic heterocycles. The van der Waals surface area contributed by atoms with Gasteiger partial charge in [0.15, 0.2) is 0 Å². The van der Waals surface area contributed by atoms with Crippen molar-refractivity contribution >= 4 is 5.91 Å². The van der Waals surface area contributed by atoms with Crippen molar-refractivity contribution in [2.75, 3.05) is 26.7 Å². The summed E-state index contributed by atoms with van der Waals surface area (Å²) < 4.78 is 0. The molecule has 1 rings (SSSR count). The Balaban J connectivity index is 2.57. The highest BCUT2D eigenvalue weighted by molar-refractivity contribution is 5.76. The van der Waals surface area contributed by atoms with Crippen LogP contribution in [-0.2, 0) is 4.79 Å². The molecule has 0 unspecified atom stereocenters. The number of hydrogen-bond acceptors (Lipinski definition) is 2. The average Bonchev–Trinajstić information content (AvgIpc) is 2.16. The number of carbonyl (C=O) groups excluding carboxylic acids is 1. The lowest BCUT2D eigenvalue weighted by atomic mass is 10.1. The van der Waals surface area contributed by atoms with Crippen LogP contribution in [0.3, 0.4) is 0 Å². The number of amides is 1. The summed E-state index contributed by atoms with van der Waals surface area (Å²) in [5, 5.41) is 0. The van der Waals surface area contributed by atoms with Crippen LogP contribution in [0.4, 0.5) is 0 Å². The number of piperazine rings is 1. The van der Waals surface area contributed by atoms with E-state index in [4.69, 9.17) is 0 Å². The Morgan fingerprint density at radius 1 is 1.38 bits per heavy atom. The number of likely N-dealkylation sites (N-methyl/N-ethyl adjacent to an activating group) is 1. The summed E-state index contributed by atoms with van der Waals surface area (Å²) in [5.41, 5.74) is 0. The fourth-order valence-corrected chi connectivity index (χ4v) is 1.89. The largest absolute Gasteiger partial charge is 0.337 e. The van der Waals surface area contributed by atoms with Gasteiger partial charge in [-0.1, -0.05) is 13.8 Å². The fraction of sp³-hybridized carbons (Fsp3) is 0.900. The zero-order chi connectivity index (χ0) is 9.84. The minimum atomic E-state index is 0.306. The topological polar surface area (TPSA) is 23.6 Å². The summed E-state index contributed by atoms with van der Waals surface area (Å²) in [6.07, 6.45) is 1.70. The highest BCUT2D eigenvalue weighted by Gasteiger charge is 2.26. The first kappa shape index (κ1) is 10.5. The predicted octanol–water partition coefficient (Wildman–Crippen LogP) is 0.949. The SMILES string of the molecule is CCC(=O)N1CCN(C)C[C@H]1CC.